The summed E-state index contributed by atoms with van der Waals surface area (Å²) < 4.78 is 7.27. The molecule has 190 valence electrons. The van der Waals surface area contributed by atoms with Crippen LogP contribution in [0, 0.1) is 6.92 Å². The average Bonchev–Trinajstić information content (AvgIpc) is 2.92. The molecule has 1 aromatic heterocycles. The molecule has 3 aromatic carbocycles. The van der Waals surface area contributed by atoms with E-state index in [-0.39, 0.29) is 17.2 Å². The molecule has 0 unspecified atom stereocenters. The second-order valence-corrected chi connectivity index (χ2v) is 9.54. The minimum Gasteiger partial charge on any atom is -0.494 e. The van der Waals surface area contributed by atoms with Crippen LogP contribution < -0.4 is 15.7 Å². The van der Waals surface area contributed by atoms with Gasteiger partial charge in [-0.05, 0) is 67.4 Å². The molecule has 1 heterocycles. The number of carbonyl (C=O) groups is 1. The molecule has 1 amide bonds. The van der Waals surface area contributed by atoms with E-state index in [1.165, 1.54) is 11.8 Å². The summed E-state index contributed by atoms with van der Waals surface area (Å²) in [5.74, 6) is 0.574. The van der Waals surface area contributed by atoms with E-state index in [1.807, 2.05) is 67.6 Å². The van der Waals surface area contributed by atoms with Crippen LogP contribution in [0.15, 0.2) is 87.8 Å². The fourth-order valence-electron chi connectivity index (χ4n) is 3.66. The molecule has 0 aliphatic heterocycles. The van der Waals surface area contributed by atoms with Crippen molar-refractivity contribution in [3.63, 3.8) is 0 Å². The molecule has 0 aliphatic rings. The van der Waals surface area contributed by atoms with Crippen molar-refractivity contribution >= 4 is 34.8 Å². The van der Waals surface area contributed by atoms with E-state index >= 15 is 0 Å². The molecule has 0 saturated carbocycles. The average molecular weight is 515 g/mol. The van der Waals surface area contributed by atoms with Gasteiger partial charge in [-0.1, -0.05) is 61.4 Å². The number of benzene rings is 3. The summed E-state index contributed by atoms with van der Waals surface area (Å²) in [6, 6.07) is 22.4. The van der Waals surface area contributed by atoms with Gasteiger partial charge in [0.25, 0.3) is 11.5 Å². The standard InChI is InChI=1S/C29H30N4O3S/c1-3-4-7-18-36-24-16-12-22(13-17-24)19-30-32-27(34)20-37-29-31-26-9-6-5-8-25(26)28(35)33(29)23-14-10-21(2)11-15-23/h5-6,8-17,19H,3-4,7,18,20H2,1-2H3,(H,32,34)/b30-19-. The lowest BCUT2D eigenvalue weighted by atomic mass is 10.2. The minimum atomic E-state index is -0.296. The smallest absolute Gasteiger partial charge is 0.266 e. The monoisotopic (exact) mass is 514 g/mol. The third kappa shape index (κ3) is 7.07. The third-order valence-electron chi connectivity index (χ3n) is 5.67. The van der Waals surface area contributed by atoms with Gasteiger partial charge < -0.3 is 4.74 Å². The Morgan fingerprint density at radius 3 is 2.57 bits per heavy atom. The van der Waals surface area contributed by atoms with Crippen molar-refractivity contribution in [3.05, 3.63) is 94.3 Å². The Balaban J connectivity index is 1.40. The Morgan fingerprint density at radius 1 is 1.05 bits per heavy atom. The zero-order valence-electron chi connectivity index (χ0n) is 21.0. The highest BCUT2D eigenvalue weighted by molar-refractivity contribution is 7.99. The van der Waals surface area contributed by atoms with Gasteiger partial charge in [0, 0.05) is 0 Å². The maximum absolute atomic E-state index is 13.3. The van der Waals surface area contributed by atoms with E-state index in [0.29, 0.717) is 28.4 Å². The van der Waals surface area contributed by atoms with Crippen molar-refractivity contribution < 1.29 is 9.53 Å². The first-order valence-electron chi connectivity index (χ1n) is 12.3. The van der Waals surface area contributed by atoms with Gasteiger partial charge in [-0.3, -0.25) is 14.2 Å². The van der Waals surface area contributed by atoms with E-state index in [1.54, 1.807) is 22.9 Å². The van der Waals surface area contributed by atoms with E-state index in [9.17, 15) is 9.59 Å². The summed E-state index contributed by atoms with van der Waals surface area (Å²) in [7, 11) is 0. The van der Waals surface area contributed by atoms with E-state index in [2.05, 4.69) is 22.4 Å². The van der Waals surface area contributed by atoms with Crippen molar-refractivity contribution in [1.29, 1.82) is 0 Å². The molecule has 0 fully saturated rings. The highest BCUT2D eigenvalue weighted by Gasteiger charge is 2.14. The first-order valence-corrected chi connectivity index (χ1v) is 13.3. The molecule has 0 bridgehead atoms. The maximum atomic E-state index is 13.3. The van der Waals surface area contributed by atoms with Gasteiger partial charge in [-0.2, -0.15) is 5.10 Å². The number of nitrogens with zero attached hydrogens (tertiary/aromatic N) is 3. The molecule has 4 aromatic rings. The van der Waals surface area contributed by atoms with Crippen LogP contribution in [0.5, 0.6) is 5.75 Å². The molecule has 7 nitrogen and oxygen atoms in total. The summed E-state index contributed by atoms with van der Waals surface area (Å²) in [6.07, 6.45) is 4.94. The summed E-state index contributed by atoms with van der Waals surface area (Å²) >= 11 is 1.19. The number of rotatable bonds is 11. The summed E-state index contributed by atoms with van der Waals surface area (Å²) in [6.45, 7) is 4.86. The van der Waals surface area contributed by atoms with Crippen LogP contribution >= 0.6 is 11.8 Å². The largest absolute Gasteiger partial charge is 0.494 e. The molecule has 0 aliphatic carbocycles. The second-order valence-electron chi connectivity index (χ2n) is 8.59. The van der Waals surface area contributed by atoms with Crippen LogP contribution in [0.2, 0.25) is 0 Å². The topological polar surface area (TPSA) is 85.6 Å². The molecule has 1 N–H and O–H groups in total. The number of hydrazone groups is 1. The van der Waals surface area contributed by atoms with E-state index in [0.717, 1.165) is 36.1 Å². The number of hydrogen-bond donors (Lipinski definition) is 1. The lowest BCUT2D eigenvalue weighted by Gasteiger charge is -2.13. The van der Waals surface area contributed by atoms with Gasteiger partial charge in [-0.25, -0.2) is 10.4 Å². The Bertz CT molecular complexity index is 1430. The summed E-state index contributed by atoms with van der Waals surface area (Å²) in [5, 5.41) is 5.03. The third-order valence-corrected chi connectivity index (χ3v) is 6.61. The van der Waals surface area contributed by atoms with Crippen LogP contribution in [-0.4, -0.2) is 34.0 Å². The quantitative estimate of drug-likeness (QED) is 0.0938. The second kappa shape index (κ2) is 12.9. The molecule has 8 heteroatoms. The number of hydrogen-bond acceptors (Lipinski definition) is 6. The predicted molar refractivity (Wildman–Crippen MR) is 150 cm³/mol. The molecular weight excluding hydrogens is 484 g/mol. The van der Waals surface area contributed by atoms with Gasteiger partial charge in [-0.15, -0.1) is 0 Å². The van der Waals surface area contributed by atoms with E-state index in [4.69, 9.17) is 4.74 Å². The van der Waals surface area contributed by atoms with Crippen molar-refractivity contribution in [1.82, 2.24) is 15.0 Å². The minimum absolute atomic E-state index is 0.0541. The number of carbonyl (C=O) groups excluding carboxylic acids is 1. The Labute approximate surface area is 220 Å². The van der Waals surface area contributed by atoms with Crippen LogP contribution in [-0.2, 0) is 4.79 Å². The van der Waals surface area contributed by atoms with Crippen molar-refractivity contribution in [3.8, 4) is 11.4 Å². The first kappa shape index (κ1) is 26.2. The lowest BCUT2D eigenvalue weighted by molar-refractivity contribution is -0.118. The molecule has 0 atom stereocenters. The number of aryl methyl sites for hydroxylation is 1. The number of ether oxygens (including phenoxy) is 1. The molecule has 4 rings (SSSR count). The summed E-state index contributed by atoms with van der Waals surface area (Å²) in [5.41, 5.74) is 5.60. The number of thioether (sulfide) groups is 1. The van der Waals surface area contributed by atoms with Crippen molar-refractivity contribution in [2.75, 3.05) is 12.4 Å². The zero-order valence-corrected chi connectivity index (χ0v) is 21.8. The number of nitrogens with one attached hydrogen (secondary N) is 1. The van der Waals surface area contributed by atoms with Crippen LogP contribution in [0.4, 0.5) is 0 Å². The fourth-order valence-corrected chi connectivity index (χ4v) is 4.47. The van der Waals surface area contributed by atoms with Crippen molar-refractivity contribution in [2.45, 2.75) is 38.3 Å². The van der Waals surface area contributed by atoms with Gasteiger partial charge in [0.15, 0.2) is 5.16 Å². The van der Waals surface area contributed by atoms with Crippen LogP contribution in [0.3, 0.4) is 0 Å². The zero-order chi connectivity index (χ0) is 26.0. The SMILES string of the molecule is CCCCCOc1ccc(/C=N\NC(=O)CSc2nc3ccccc3c(=O)n2-c2ccc(C)cc2)cc1. The predicted octanol–water partition coefficient (Wildman–Crippen LogP) is 5.51. The lowest BCUT2D eigenvalue weighted by Crippen LogP contribution is -2.24. The molecule has 37 heavy (non-hydrogen) atoms. The van der Waals surface area contributed by atoms with Gasteiger partial charge >= 0.3 is 0 Å². The molecular formula is C29H30N4O3S. The van der Waals surface area contributed by atoms with Gasteiger partial charge in [0.05, 0.1) is 35.2 Å². The summed E-state index contributed by atoms with van der Waals surface area (Å²) in [4.78, 5) is 30.5. The number of amides is 1. The van der Waals surface area contributed by atoms with Crippen LogP contribution in [0.25, 0.3) is 16.6 Å². The number of aromatic nitrogens is 2. The van der Waals surface area contributed by atoms with Gasteiger partial charge in [0.1, 0.15) is 5.75 Å². The molecule has 0 spiro atoms. The Kier molecular flexibility index (Phi) is 9.10. The molecule has 0 radical (unpaired) electrons. The number of para-hydroxylation sites is 1. The molecule has 0 saturated heterocycles. The van der Waals surface area contributed by atoms with E-state index < -0.39 is 0 Å². The normalized spacial score (nSPS) is 11.2. The van der Waals surface area contributed by atoms with Gasteiger partial charge in [0.2, 0.25) is 0 Å². The first-order chi connectivity index (χ1) is 18.0. The maximum Gasteiger partial charge on any atom is 0.266 e. The Morgan fingerprint density at radius 2 is 1.81 bits per heavy atom. The number of unbranched alkanes of at least 4 members (excludes halogenated alkanes) is 2. The van der Waals surface area contributed by atoms with Crippen molar-refractivity contribution in [2.24, 2.45) is 5.10 Å². The fraction of sp³-hybridized carbons (Fsp3) is 0.241. The van der Waals surface area contributed by atoms with Crippen LogP contribution in [0.1, 0.15) is 37.3 Å². The highest BCUT2D eigenvalue weighted by atomic mass is 32.2. The Hall–Kier alpha value is -3.91. The number of fused-ring (bicyclic) bond motifs is 1. The highest BCUT2D eigenvalue weighted by Crippen LogP contribution is 2.21.